The SMILES string of the molecule is O=c1c(Br)cn(CC2(CS)CCCC2)cc1[N+](=O)[O-]. The number of halogens is 1. The van der Waals surface area contributed by atoms with Crippen LogP contribution in [0, 0.1) is 15.5 Å². The summed E-state index contributed by atoms with van der Waals surface area (Å²) in [5.74, 6) is 0.755. The van der Waals surface area contributed by atoms with Crippen LogP contribution in [0.25, 0.3) is 0 Å². The first kappa shape index (κ1) is 14.6. The normalized spacial score (nSPS) is 17.6. The van der Waals surface area contributed by atoms with Crippen LogP contribution in [0.15, 0.2) is 21.7 Å². The number of nitrogens with zero attached hydrogens (tertiary/aromatic N) is 2. The van der Waals surface area contributed by atoms with Crippen molar-refractivity contribution in [1.82, 2.24) is 4.57 Å². The molecule has 0 aromatic carbocycles. The van der Waals surface area contributed by atoms with Crippen LogP contribution in [0.3, 0.4) is 0 Å². The highest BCUT2D eigenvalue weighted by atomic mass is 79.9. The van der Waals surface area contributed by atoms with Gasteiger partial charge < -0.3 is 4.57 Å². The van der Waals surface area contributed by atoms with Gasteiger partial charge in [0.2, 0.25) is 0 Å². The van der Waals surface area contributed by atoms with E-state index >= 15 is 0 Å². The smallest absolute Gasteiger partial charge is 0.333 e. The third-order valence-corrected chi connectivity index (χ3v) is 4.97. The van der Waals surface area contributed by atoms with Crippen molar-refractivity contribution < 1.29 is 4.92 Å². The van der Waals surface area contributed by atoms with Crippen molar-refractivity contribution in [1.29, 1.82) is 0 Å². The van der Waals surface area contributed by atoms with Gasteiger partial charge in [-0.3, -0.25) is 14.9 Å². The van der Waals surface area contributed by atoms with Gasteiger partial charge in [-0.15, -0.1) is 0 Å². The Kier molecular flexibility index (Phi) is 4.35. The quantitative estimate of drug-likeness (QED) is 0.517. The molecule has 0 amide bonds. The molecule has 1 aromatic rings. The van der Waals surface area contributed by atoms with Crippen molar-refractivity contribution in [3.63, 3.8) is 0 Å². The van der Waals surface area contributed by atoms with Gasteiger partial charge in [-0.25, -0.2) is 0 Å². The van der Waals surface area contributed by atoms with Gasteiger partial charge in [0.25, 0.3) is 5.43 Å². The largest absolute Gasteiger partial charge is 0.346 e. The van der Waals surface area contributed by atoms with Crippen LogP contribution in [-0.4, -0.2) is 15.2 Å². The Balaban J connectivity index is 2.35. The first-order valence-corrected chi connectivity index (χ1v) is 7.55. The first-order valence-electron chi connectivity index (χ1n) is 6.12. The van der Waals surface area contributed by atoms with Crippen LogP contribution in [-0.2, 0) is 6.54 Å². The highest BCUT2D eigenvalue weighted by molar-refractivity contribution is 9.10. The van der Waals surface area contributed by atoms with Crippen LogP contribution in [0.1, 0.15) is 25.7 Å². The van der Waals surface area contributed by atoms with Gasteiger partial charge in [0, 0.05) is 12.7 Å². The van der Waals surface area contributed by atoms with Crippen LogP contribution in [0.4, 0.5) is 5.69 Å². The molecule has 0 unspecified atom stereocenters. The molecule has 0 bridgehead atoms. The van der Waals surface area contributed by atoms with Crippen LogP contribution >= 0.6 is 28.6 Å². The summed E-state index contributed by atoms with van der Waals surface area (Å²) in [5, 5.41) is 10.9. The molecule has 1 aliphatic rings. The first-order chi connectivity index (χ1) is 8.97. The summed E-state index contributed by atoms with van der Waals surface area (Å²) in [6.45, 7) is 0.663. The minimum Gasteiger partial charge on any atom is -0.346 e. The van der Waals surface area contributed by atoms with E-state index in [2.05, 4.69) is 28.6 Å². The molecule has 1 aliphatic carbocycles. The van der Waals surface area contributed by atoms with Gasteiger partial charge >= 0.3 is 5.69 Å². The molecule has 19 heavy (non-hydrogen) atoms. The fraction of sp³-hybridized carbons (Fsp3) is 0.583. The number of aromatic nitrogens is 1. The summed E-state index contributed by atoms with van der Waals surface area (Å²) in [4.78, 5) is 21.9. The van der Waals surface area contributed by atoms with Gasteiger partial charge in [-0.2, -0.15) is 12.6 Å². The highest BCUT2D eigenvalue weighted by Gasteiger charge is 2.33. The molecule has 5 nitrogen and oxygen atoms in total. The van der Waals surface area contributed by atoms with Crippen molar-refractivity contribution in [3.8, 4) is 0 Å². The number of hydrogen-bond donors (Lipinski definition) is 1. The van der Waals surface area contributed by atoms with Crippen molar-refractivity contribution in [2.45, 2.75) is 32.2 Å². The van der Waals surface area contributed by atoms with E-state index in [1.54, 1.807) is 10.8 Å². The molecule has 1 saturated carbocycles. The van der Waals surface area contributed by atoms with E-state index in [9.17, 15) is 14.9 Å². The Morgan fingerprint density at radius 1 is 1.42 bits per heavy atom. The number of hydrogen-bond acceptors (Lipinski definition) is 4. The van der Waals surface area contributed by atoms with Crippen LogP contribution in [0.2, 0.25) is 0 Å². The average molecular weight is 347 g/mol. The molecule has 1 heterocycles. The molecule has 0 spiro atoms. The Bertz CT molecular complexity index is 552. The summed E-state index contributed by atoms with van der Waals surface area (Å²) in [6, 6.07) is 0. The molecular weight excluding hydrogens is 332 g/mol. The van der Waals surface area contributed by atoms with Gasteiger partial charge in [0.05, 0.1) is 15.6 Å². The molecule has 0 atom stereocenters. The molecule has 0 saturated heterocycles. The van der Waals surface area contributed by atoms with Gasteiger partial charge in [-0.1, -0.05) is 12.8 Å². The number of rotatable bonds is 4. The van der Waals surface area contributed by atoms with Crippen molar-refractivity contribution >= 4 is 34.2 Å². The van der Waals surface area contributed by atoms with Gasteiger partial charge in [-0.05, 0) is 39.9 Å². The summed E-state index contributed by atoms with van der Waals surface area (Å²) in [5.41, 5.74) is -0.875. The maximum absolute atomic E-state index is 11.6. The Hall–Kier alpha value is -0.820. The summed E-state index contributed by atoms with van der Waals surface area (Å²) in [7, 11) is 0. The van der Waals surface area contributed by atoms with Crippen molar-refractivity contribution in [2.75, 3.05) is 5.75 Å². The van der Waals surface area contributed by atoms with E-state index in [-0.39, 0.29) is 15.6 Å². The molecule has 0 N–H and O–H groups in total. The fourth-order valence-electron chi connectivity index (χ4n) is 2.68. The second-order valence-corrected chi connectivity index (χ2v) is 6.29. The Labute approximate surface area is 124 Å². The van der Waals surface area contributed by atoms with Gasteiger partial charge in [0.1, 0.15) is 0 Å². The lowest BCUT2D eigenvalue weighted by atomic mass is 9.88. The summed E-state index contributed by atoms with van der Waals surface area (Å²) >= 11 is 7.52. The minimum atomic E-state index is -0.633. The zero-order chi connectivity index (χ0) is 14.0. The van der Waals surface area contributed by atoms with E-state index in [0.29, 0.717) is 6.54 Å². The third kappa shape index (κ3) is 3.02. The topological polar surface area (TPSA) is 65.1 Å². The average Bonchev–Trinajstić information content (AvgIpc) is 2.82. The minimum absolute atomic E-state index is 0.0888. The highest BCUT2D eigenvalue weighted by Crippen LogP contribution is 2.40. The zero-order valence-electron chi connectivity index (χ0n) is 10.3. The second-order valence-electron chi connectivity index (χ2n) is 5.12. The molecular formula is C12H15BrN2O3S. The lowest BCUT2D eigenvalue weighted by molar-refractivity contribution is -0.386. The molecule has 0 aliphatic heterocycles. The zero-order valence-corrected chi connectivity index (χ0v) is 12.8. The Morgan fingerprint density at radius 3 is 2.58 bits per heavy atom. The monoisotopic (exact) mass is 346 g/mol. The lowest BCUT2D eigenvalue weighted by Crippen LogP contribution is -2.26. The van der Waals surface area contributed by atoms with Crippen molar-refractivity contribution in [3.05, 3.63) is 37.2 Å². The van der Waals surface area contributed by atoms with E-state index in [1.165, 1.54) is 19.0 Å². The molecule has 2 rings (SSSR count). The number of thiol groups is 1. The predicted molar refractivity (Wildman–Crippen MR) is 79.8 cm³/mol. The van der Waals surface area contributed by atoms with Gasteiger partial charge in [0.15, 0.2) is 0 Å². The third-order valence-electron chi connectivity index (χ3n) is 3.73. The molecule has 1 aromatic heterocycles. The maximum atomic E-state index is 11.6. The van der Waals surface area contributed by atoms with E-state index in [1.807, 2.05) is 0 Å². The van der Waals surface area contributed by atoms with Crippen LogP contribution < -0.4 is 5.43 Å². The standard InChI is InChI=1S/C12H15BrN2O3S/c13-9-5-14(6-10(11(9)16)15(17)18)7-12(8-19)3-1-2-4-12/h5-6,19H,1-4,7-8H2. The summed E-state index contributed by atoms with van der Waals surface area (Å²) < 4.78 is 1.97. The molecule has 7 heteroatoms. The lowest BCUT2D eigenvalue weighted by Gasteiger charge is -2.28. The van der Waals surface area contributed by atoms with E-state index in [4.69, 9.17) is 0 Å². The molecule has 104 valence electrons. The van der Waals surface area contributed by atoms with E-state index < -0.39 is 10.4 Å². The summed E-state index contributed by atoms with van der Waals surface area (Å²) in [6.07, 6.45) is 7.45. The maximum Gasteiger partial charge on any atom is 0.333 e. The predicted octanol–water partition coefficient (Wildman–Crippen LogP) is 3.01. The van der Waals surface area contributed by atoms with Crippen LogP contribution in [0.5, 0.6) is 0 Å². The van der Waals surface area contributed by atoms with Crippen molar-refractivity contribution in [2.24, 2.45) is 5.41 Å². The fourth-order valence-corrected chi connectivity index (χ4v) is 3.56. The number of pyridine rings is 1. The molecule has 0 radical (unpaired) electrons. The van der Waals surface area contributed by atoms with E-state index in [0.717, 1.165) is 18.6 Å². The number of nitro groups is 1. The molecule has 1 fully saturated rings. The Morgan fingerprint density at radius 2 is 2.05 bits per heavy atom. The second kappa shape index (κ2) is 5.66.